The summed E-state index contributed by atoms with van der Waals surface area (Å²) in [4.78, 5) is 2.11. The lowest BCUT2D eigenvalue weighted by Crippen LogP contribution is -2.11. The molecule has 1 aliphatic rings. The van der Waals surface area contributed by atoms with E-state index in [0.29, 0.717) is 6.04 Å². The Bertz CT molecular complexity index is 607. The van der Waals surface area contributed by atoms with Crippen LogP contribution in [-0.2, 0) is 0 Å². The predicted octanol–water partition coefficient (Wildman–Crippen LogP) is 3.31. The zero-order chi connectivity index (χ0) is 14.1. The maximum Gasteiger partial charge on any atom is 0.0535 e. The summed E-state index contributed by atoms with van der Waals surface area (Å²) in [6.45, 7) is 0. The molecule has 0 bridgehead atoms. The minimum absolute atomic E-state index is 0.140. The van der Waals surface area contributed by atoms with Crippen molar-refractivity contribution in [2.24, 2.45) is 5.73 Å². The molecule has 2 atom stereocenters. The first-order valence-electron chi connectivity index (χ1n) is 7.03. The van der Waals surface area contributed by atoms with Gasteiger partial charge in [-0.1, -0.05) is 30.3 Å². The Kier molecular flexibility index (Phi) is 3.36. The van der Waals surface area contributed by atoms with Crippen LogP contribution in [0.1, 0.15) is 29.6 Å². The van der Waals surface area contributed by atoms with Gasteiger partial charge in [0.25, 0.3) is 0 Å². The Hall–Kier alpha value is -2.00. The van der Waals surface area contributed by atoms with Gasteiger partial charge in [0.2, 0.25) is 0 Å². The summed E-state index contributed by atoms with van der Waals surface area (Å²) in [6, 6.07) is 17.4. The highest BCUT2D eigenvalue weighted by Crippen LogP contribution is 2.39. The fraction of sp³-hybridized carbons (Fsp3) is 0.294. The van der Waals surface area contributed by atoms with Gasteiger partial charge in [-0.3, -0.25) is 0 Å². The molecule has 1 aliphatic carbocycles. The number of fused-ring (bicyclic) bond motifs is 1. The van der Waals surface area contributed by atoms with E-state index in [-0.39, 0.29) is 6.04 Å². The highest BCUT2D eigenvalue weighted by Gasteiger charge is 2.27. The second-order valence-electron chi connectivity index (χ2n) is 5.61. The van der Waals surface area contributed by atoms with Crippen LogP contribution < -0.4 is 16.0 Å². The molecule has 0 spiro atoms. The van der Waals surface area contributed by atoms with E-state index in [1.165, 1.54) is 16.8 Å². The van der Waals surface area contributed by atoms with E-state index < -0.39 is 0 Å². The summed E-state index contributed by atoms with van der Waals surface area (Å²) < 4.78 is 0. The molecule has 0 aromatic heterocycles. The Morgan fingerprint density at radius 3 is 2.55 bits per heavy atom. The molecule has 104 valence electrons. The van der Waals surface area contributed by atoms with Crippen molar-refractivity contribution >= 4 is 11.4 Å². The van der Waals surface area contributed by atoms with Crippen LogP contribution in [0.25, 0.3) is 0 Å². The van der Waals surface area contributed by atoms with Gasteiger partial charge in [-0.15, -0.1) is 0 Å². The minimum Gasteiger partial charge on any atom is -0.378 e. The third-order valence-electron chi connectivity index (χ3n) is 3.96. The quantitative estimate of drug-likeness (QED) is 0.896. The molecule has 0 heterocycles. The molecule has 0 radical (unpaired) electrons. The molecule has 2 aromatic carbocycles. The van der Waals surface area contributed by atoms with E-state index in [4.69, 9.17) is 5.73 Å². The van der Waals surface area contributed by atoms with Crippen LogP contribution in [0.2, 0.25) is 0 Å². The second-order valence-corrected chi connectivity index (χ2v) is 5.61. The number of nitrogens with two attached hydrogens (primary N) is 1. The van der Waals surface area contributed by atoms with Crippen molar-refractivity contribution in [3.63, 3.8) is 0 Å². The number of benzene rings is 2. The van der Waals surface area contributed by atoms with E-state index in [0.717, 1.165) is 12.1 Å². The molecule has 0 saturated heterocycles. The highest BCUT2D eigenvalue weighted by molar-refractivity contribution is 5.59. The number of hydrogen-bond donors (Lipinski definition) is 2. The van der Waals surface area contributed by atoms with Crippen LogP contribution in [0.3, 0.4) is 0 Å². The molecule has 3 nitrogen and oxygen atoms in total. The summed E-state index contributed by atoms with van der Waals surface area (Å²) in [5.74, 6) is 0. The van der Waals surface area contributed by atoms with Gasteiger partial charge < -0.3 is 16.0 Å². The van der Waals surface area contributed by atoms with Gasteiger partial charge in [0.15, 0.2) is 0 Å². The van der Waals surface area contributed by atoms with E-state index >= 15 is 0 Å². The summed E-state index contributed by atoms with van der Waals surface area (Å²) in [5, 5.41) is 3.62. The zero-order valence-electron chi connectivity index (χ0n) is 12.0. The van der Waals surface area contributed by atoms with Crippen molar-refractivity contribution in [2.45, 2.75) is 18.5 Å². The molecule has 2 aromatic rings. The third kappa shape index (κ3) is 2.37. The topological polar surface area (TPSA) is 41.3 Å². The van der Waals surface area contributed by atoms with Crippen LogP contribution in [0, 0.1) is 0 Å². The van der Waals surface area contributed by atoms with E-state index in [1.807, 2.05) is 0 Å². The molecule has 3 heteroatoms. The Labute approximate surface area is 120 Å². The zero-order valence-corrected chi connectivity index (χ0v) is 12.0. The largest absolute Gasteiger partial charge is 0.378 e. The monoisotopic (exact) mass is 267 g/mol. The van der Waals surface area contributed by atoms with Crippen molar-refractivity contribution in [3.05, 3.63) is 59.7 Å². The molecule has 0 fully saturated rings. The van der Waals surface area contributed by atoms with Crippen LogP contribution in [0.5, 0.6) is 0 Å². The Morgan fingerprint density at radius 2 is 1.80 bits per heavy atom. The van der Waals surface area contributed by atoms with Gasteiger partial charge in [-0.25, -0.2) is 0 Å². The molecule has 3 N–H and O–H groups in total. The van der Waals surface area contributed by atoms with Gasteiger partial charge in [0, 0.05) is 31.5 Å². The van der Waals surface area contributed by atoms with Crippen LogP contribution in [-0.4, -0.2) is 14.1 Å². The maximum atomic E-state index is 6.22. The van der Waals surface area contributed by atoms with E-state index in [2.05, 4.69) is 72.8 Å². The first kappa shape index (κ1) is 13.0. The number of rotatable bonds is 3. The molecule has 0 aliphatic heterocycles. The lowest BCUT2D eigenvalue weighted by Gasteiger charge is -2.18. The molecule has 2 unspecified atom stereocenters. The summed E-state index contributed by atoms with van der Waals surface area (Å²) >= 11 is 0. The first-order valence-corrected chi connectivity index (χ1v) is 7.03. The van der Waals surface area contributed by atoms with Gasteiger partial charge in [0.05, 0.1) is 6.04 Å². The summed E-state index contributed by atoms with van der Waals surface area (Å²) in [5.41, 5.74) is 11.2. The highest BCUT2D eigenvalue weighted by atomic mass is 15.1. The van der Waals surface area contributed by atoms with Gasteiger partial charge in [-0.05, 0) is 35.7 Å². The molecular formula is C17H21N3. The van der Waals surface area contributed by atoms with Crippen molar-refractivity contribution < 1.29 is 0 Å². The fourth-order valence-electron chi connectivity index (χ4n) is 2.89. The van der Waals surface area contributed by atoms with Crippen LogP contribution in [0.4, 0.5) is 11.4 Å². The normalized spacial score (nSPS) is 20.6. The first-order chi connectivity index (χ1) is 9.65. The summed E-state index contributed by atoms with van der Waals surface area (Å²) in [6.07, 6.45) is 0.950. The van der Waals surface area contributed by atoms with Gasteiger partial charge >= 0.3 is 0 Å². The van der Waals surface area contributed by atoms with Crippen molar-refractivity contribution in [1.29, 1.82) is 0 Å². The average Bonchev–Trinajstić information content (AvgIpc) is 2.76. The molecule has 20 heavy (non-hydrogen) atoms. The van der Waals surface area contributed by atoms with Crippen molar-refractivity contribution in [1.82, 2.24) is 0 Å². The smallest absolute Gasteiger partial charge is 0.0535 e. The molecular weight excluding hydrogens is 246 g/mol. The molecule has 0 amide bonds. The van der Waals surface area contributed by atoms with Crippen LogP contribution >= 0.6 is 0 Å². The third-order valence-corrected chi connectivity index (χ3v) is 3.96. The van der Waals surface area contributed by atoms with Crippen molar-refractivity contribution in [3.8, 4) is 0 Å². The summed E-state index contributed by atoms with van der Waals surface area (Å²) in [7, 11) is 4.11. The number of anilines is 2. The number of hydrogen-bond acceptors (Lipinski definition) is 3. The molecule has 0 saturated carbocycles. The van der Waals surface area contributed by atoms with E-state index in [1.54, 1.807) is 0 Å². The average molecular weight is 267 g/mol. The molecule has 3 rings (SSSR count). The van der Waals surface area contributed by atoms with Gasteiger partial charge in [0.1, 0.15) is 0 Å². The predicted molar refractivity (Wildman–Crippen MR) is 85.1 cm³/mol. The second kappa shape index (κ2) is 5.17. The lowest BCUT2D eigenvalue weighted by atomic mass is 10.1. The Balaban J connectivity index is 1.84. The fourth-order valence-corrected chi connectivity index (χ4v) is 2.89. The lowest BCUT2D eigenvalue weighted by molar-refractivity contribution is 0.648. The maximum absolute atomic E-state index is 6.22. The van der Waals surface area contributed by atoms with Gasteiger partial charge in [-0.2, -0.15) is 0 Å². The van der Waals surface area contributed by atoms with E-state index in [9.17, 15) is 0 Å². The van der Waals surface area contributed by atoms with Crippen molar-refractivity contribution in [2.75, 3.05) is 24.3 Å². The number of nitrogens with one attached hydrogen (secondary N) is 1. The SMILES string of the molecule is CN(C)c1cccc(NC2CC(N)c3ccccc32)c1. The Morgan fingerprint density at radius 1 is 1.05 bits per heavy atom. The standard InChI is InChI=1S/C17H21N3/c1-20(2)13-7-5-6-12(10-13)19-17-11-16(18)14-8-3-4-9-15(14)17/h3-10,16-17,19H,11,18H2,1-2H3. The minimum atomic E-state index is 0.140. The van der Waals surface area contributed by atoms with Crippen LogP contribution in [0.15, 0.2) is 48.5 Å². The number of nitrogens with zero attached hydrogens (tertiary/aromatic N) is 1.